The summed E-state index contributed by atoms with van der Waals surface area (Å²) in [6.45, 7) is 3.51. The van der Waals surface area contributed by atoms with Crippen LogP contribution < -0.4 is 10.1 Å². The molecule has 0 unspecified atom stereocenters. The number of halogens is 2. The molecule has 0 aliphatic heterocycles. The van der Waals surface area contributed by atoms with Gasteiger partial charge in [0.05, 0.1) is 12.1 Å². The number of aryl methyl sites for hydroxylation is 1. The van der Waals surface area contributed by atoms with Crippen molar-refractivity contribution in [1.82, 2.24) is 5.32 Å². The Morgan fingerprint density at radius 2 is 1.55 bits per heavy atom. The Bertz CT molecular complexity index is 599. The molecule has 0 spiro atoms. The van der Waals surface area contributed by atoms with Crippen LogP contribution in [0.1, 0.15) is 16.7 Å². The summed E-state index contributed by atoms with van der Waals surface area (Å²) in [5.41, 5.74) is 3.38. The van der Waals surface area contributed by atoms with Gasteiger partial charge in [0, 0.05) is 18.1 Å². The van der Waals surface area contributed by atoms with Crippen molar-refractivity contribution in [2.75, 3.05) is 7.11 Å². The fraction of sp³-hybridized carbons (Fsp3) is 0.250. The molecule has 0 bridgehead atoms. The fourth-order valence-electron chi connectivity index (χ4n) is 1.92. The Morgan fingerprint density at radius 1 is 0.950 bits per heavy atom. The molecule has 0 aliphatic carbocycles. The van der Waals surface area contributed by atoms with Crippen molar-refractivity contribution in [2.45, 2.75) is 20.0 Å². The number of hydrogen-bond acceptors (Lipinski definition) is 2. The quantitative estimate of drug-likeness (QED) is 0.871. The molecule has 0 radical (unpaired) electrons. The van der Waals surface area contributed by atoms with Crippen molar-refractivity contribution < 1.29 is 4.74 Å². The molecule has 0 saturated carbocycles. The lowest BCUT2D eigenvalue weighted by molar-refractivity contribution is 0.415. The average molecular weight is 310 g/mol. The predicted molar refractivity (Wildman–Crippen MR) is 84.7 cm³/mol. The Labute approximate surface area is 129 Å². The molecular weight excluding hydrogens is 293 g/mol. The number of nitrogens with one attached hydrogen (secondary N) is 1. The van der Waals surface area contributed by atoms with Crippen LogP contribution in [0, 0.1) is 6.92 Å². The van der Waals surface area contributed by atoms with Gasteiger partial charge in [-0.3, -0.25) is 0 Å². The van der Waals surface area contributed by atoms with E-state index >= 15 is 0 Å². The molecule has 106 valence electrons. The standard InChI is InChI=1S/C16H17Cl2NO/c1-11-3-4-12(7-14(11)17)9-19-10-13-5-6-16(20-2)15(18)8-13/h3-8,19H,9-10H2,1-2H3. The van der Waals surface area contributed by atoms with Gasteiger partial charge in [-0.05, 0) is 41.8 Å². The molecule has 0 fully saturated rings. The minimum Gasteiger partial charge on any atom is -0.495 e. The van der Waals surface area contributed by atoms with E-state index in [1.807, 2.05) is 37.3 Å². The maximum atomic E-state index is 6.10. The highest BCUT2D eigenvalue weighted by atomic mass is 35.5. The second-order valence-electron chi connectivity index (χ2n) is 4.66. The van der Waals surface area contributed by atoms with Crippen LogP contribution in [0.15, 0.2) is 36.4 Å². The molecule has 0 saturated heterocycles. The lowest BCUT2D eigenvalue weighted by Gasteiger charge is -2.08. The second kappa shape index (κ2) is 6.98. The summed E-state index contributed by atoms with van der Waals surface area (Å²) < 4.78 is 5.13. The van der Waals surface area contributed by atoms with Crippen molar-refractivity contribution in [1.29, 1.82) is 0 Å². The Kier molecular flexibility index (Phi) is 5.30. The number of benzene rings is 2. The third kappa shape index (κ3) is 3.89. The number of hydrogen-bond donors (Lipinski definition) is 1. The molecule has 0 heterocycles. The summed E-state index contributed by atoms with van der Waals surface area (Å²) in [6.07, 6.45) is 0. The third-order valence-electron chi connectivity index (χ3n) is 3.11. The maximum Gasteiger partial charge on any atom is 0.137 e. The van der Waals surface area contributed by atoms with E-state index < -0.39 is 0 Å². The maximum absolute atomic E-state index is 6.10. The van der Waals surface area contributed by atoms with E-state index in [1.54, 1.807) is 7.11 Å². The van der Waals surface area contributed by atoms with Crippen molar-refractivity contribution in [2.24, 2.45) is 0 Å². The lowest BCUT2D eigenvalue weighted by Crippen LogP contribution is -2.12. The molecule has 0 amide bonds. The Hall–Kier alpha value is -1.22. The lowest BCUT2D eigenvalue weighted by atomic mass is 10.1. The SMILES string of the molecule is COc1ccc(CNCc2ccc(C)c(Cl)c2)cc1Cl. The van der Waals surface area contributed by atoms with Crippen LogP contribution in [0.2, 0.25) is 10.0 Å². The van der Waals surface area contributed by atoms with E-state index in [2.05, 4.69) is 11.4 Å². The van der Waals surface area contributed by atoms with E-state index in [4.69, 9.17) is 27.9 Å². The zero-order chi connectivity index (χ0) is 14.5. The van der Waals surface area contributed by atoms with Crippen LogP contribution in [0.5, 0.6) is 5.75 Å². The van der Waals surface area contributed by atoms with E-state index in [0.29, 0.717) is 10.8 Å². The Balaban J connectivity index is 1.92. The number of rotatable bonds is 5. The van der Waals surface area contributed by atoms with E-state index in [-0.39, 0.29) is 0 Å². The first kappa shape index (κ1) is 15.2. The minimum absolute atomic E-state index is 0.630. The van der Waals surface area contributed by atoms with Crippen molar-refractivity contribution in [3.05, 3.63) is 63.1 Å². The van der Waals surface area contributed by atoms with Gasteiger partial charge in [-0.2, -0.15) is 0 Å². The first-order valence-corrected chi connectivity index (χ1v) is 7.14. The molecule has 0 aromatic heterocycles. The van der Waals surface area contributed by atoms with E-state index in [9.17, 15) is 0 Å². The summed E-state index contributed by atoms with van der Waals surface area (Å²) in [4.78, 5) is 0. The molecule has 1 N–H and O–H groups in total. The molecule has 0 aliphatic rings. The van der Waals surface area contributed by atoms with Crippen LogP contribution in [-0.2, 0) is 13.1 Å². The third-order valence-corrected chi connectivity index (χ3v) is 3.81. The van der Waals surface area contributed by atoms with Gasteiger partial charge in [0.15, 0.2) is 0 Å². The minimum atomic E-state index is 0.630. The highest BCUT2D eigenvalue weighted by Gasteiger charge is 2.02. The summed E-state index contributed by atoms with van der Waals surface area (Å²) in [5.74, 6) is 0.695. The largest absolute Gasteiger partial charge is 0.495 e. The highest BCUT2D eigenvalue weighted by Crippen LogP contribution is 2.24. The monoisotopic (exact) mass is 309 g/mol. The topological polar surface area (TPSA) is 21.3 Å². The van der Waals surface area contributed by atoms with Gasteiger partial charge in [0.1, 0.15) is 5.75 Å². The first-order chi connectivity index (χ1) is 9.60. The average Bonchev–Trinajstić information content (AvgIpc) is 2.43. The zero-order valence-corrected chi connectivity index (χ0v) is 13.1. The molecule has 2 nitrogen and oxygen atoms in total. The Morgan fingerprint density at radius 3 is 2.10 bits per heavy atom. The van der Waals surface area contributed by atoms with Gasteiger partial charge < -0.3 is 10.1 Å². The summed E-state index contributed by atoms with van der Waals surface area (Å²) in [7, 11) is 1.61. The van der Waals surface area contributed by atoms with Gasteiger partial charge in [0.25, 0.3) is 0 Å². The molecule has 20 heavy (non-hydrogen) atoms. The van der Waals surface area contributed by atoms with Gasteiger partial charge in [0.2, 0.25) is 0 Å². The molecular formula is C16H17Cl2NO. The van der Waals surface area contributed by atoms with Crippen LogP contribution in [0.25, 0.3) is 0 Å². The number of ether oxygens (including phenoxy) is 1. The van der Waals surface area contributed by atoms with Gasteiger partial charge in [-0.15, -0.1) is 0 Å². The number of methoxy groups -OCH3 is 1. The fourth-order valence-corrected chi connectivity index (χ4v) is 2.40. The van der Waals surface area contributed by atoms with E-state index in [0.717, 1.165) is 29.2 Å². The van der Waals surface area contributed by atoms with Crippen LogP contribution in [0.3, 0.4) is 0 Å². The molecule has 4 heteroatoms. The molecule has 2 aromatic rings. The highest BCUT2D eigenvalue weighted by molar-refractivity contribution is 6.32. The van der Waals surface area contributed by atoms with Crippen LogP contribution in [0.4, 0.5) is 0 Å². The van der Waals surface area contributed by atoms with Crippen molar-refractivity contribution in [3.8, 4) is 5.75 Å². The first-order valence-electron chi connectivity index (χ1n) is 6.38. The smallest absolute Gasteiger partial charge is 0.137 e. The normalized spacial score (nSPS) is 10.6. The van der Waals surface area contributed by atoms with E-state index in [1.165, 1.54) is 5.56 Å². The zero-order valence-electron chi connectivity index (χ0n) is 11.5. The van der Waals surface area contributed by atoms with Crippen molar-refractivity contribution >= 4 is 23.2 Å². The van der Waals surface area contributed by atoms with Crippen molar-refractivity contribution in [3.63, 3.8) is 0 Å². The second-order valence-corrected chi connectivity index (χ2v) is 5.47. The van der Waals surface area contributed by atoms with Gasteiger partial charge >= 0.3 is 0 Å². The molecule has 2 rings (SSSR count). The summed E-state index contributed by atoms with van der Waals surface area (Å²) in [6, 6.07) is 11.9. The van der Waals surface area contributed by atoms with Gasteiger partial charge in [-0.1, -0.05) is 41.4 Å². The summed E-state index contributed by atoms with van der Waals surface area (Å²) >= 11 is 12.2. The van der Waals surface area contributed by atoms with Crippen LogP contribution in [-0.4, -0.2) is 7.11 Å². The molecule has 0 atom stereocenters. The van der Waals surface area contributed by atoms with Crippen LogP contribution >= 0.6 is 23.2 Å². The predicted octanol–water partition coefficient (Wildman–Crippen LogP) is 4.60. The van der Waals surface area contributed by atoms with Gasteiger partial charge in [-0.25, -0.2) is 0 Å². The summed E-state index contributed by atoms with van der Waals surface area (Å²) in [5, 5.41) is 4.80. The molecule has 2 aromatic carbocycles.